The number of nitrogens with one attached hydrogen (secondary N) is 2. The lowest BCUT2D eigenvalue weighted by Gasteiger charge is -2.19. The van der Waals surface area contributed by atoms with Gasteiger partial charge in [-0.25, -0.2) is 22.9 Å². The van der Waals surface area contributed by atoms with Gasteiger partial charge >= 0.3 is 6.03 Å². The standard InChI is InChI=1S/C19H23N5O3S2/c1-13-17(29(26,27)22-15-5-6-15)28-19(20-13)23(2)18(25)21-14-7-9-16(10-8-14)24-11-3-4-12-24/h3-4,7-10,15,22H,5-6,11-12H2,1-2H3,(H,21,25). The highest BCUT2D eigenvalue weighted by atomic mass is 32.2. The van der Waals surface area contributed by atoms with Crippen LogP contribution in [-0.4, -0.2) is 45.6 Å². The molecule has 0 spiro atoms. The molecule has 1 aliphatic carbocycles. The number of hydrogen-bond acceptors (Lipinski definition) is 6. The van der Waals surface area contributed by atoms with Gasteiger partial charge < -0.3 is 10.2 Å². The van der Waals surface area contributed by atoms with Gasteiger partial charge in [-0.3, -0.25) is 4.90 Å². The average Bonchev–Trinajstić information content (AvgIpc) is 3.17. The van der Waals surface area contributed by atoms with Crippen LogP contribution in [-0.2, 0) is 10.0 Å². The number of amides is 2. The number of hydrogen-bond donors (Lipinski definition) is 2. The third-order valence-corrected chi connectivity index (χ3v) is 8.14. The Morgan fingerprint density at radius 3 is 2.48 bits per heavy atom. The van der Waals surface area contributed by atoms with Crippen LogP contribution in [0.25, 0.3) is 0 Å². The summed E-state index contributed by atoms with van der Waals surface area (Å²) in [6, 6.07) is 7.26. The van der Waals surface area contributed by atoms with Crippen molar-refractivity contribution in [2.24, 2.45) is 0 Å². The van der Waals surface area contributed by atoms with Gasteiger partial charge in [0.2, 0.25) is 0 Å². The number of benzene rings is 1. The molecule has 0 bridgehead atoms. The zero-order valence-corrected chi connectivity index (χ0v) is 17.9. The third kappa shape index (κ3) is 4.44. The van der Waals surface area contributed by atoms with Crippen molar-refractivity contribution in [3.8, 4) is 0 Å². The van der Waals surface area contributed by atoms with E-state index in [1.54, 1.807) is 14.0 Å². The number of urea groups is 1. The van der Waals surface area contributed by atoms with Crippen LogP contribution in [0.4, 0.5) is 21.3 Å². The molecule has 29 heavy (non-hydrogen) atoms. The van der Waals surface area contributed by atoms with Gasteiger partial charge in [0.15, 0.2) is 9.34 Å². The van der Waals surface area contributed by atoms with E-state index >= 15 is 0 Å². The quantitative estimate of drug-likeness (QED) is 0.683. The molecule has 8 nitrogen and oxygen atoms in total. The first kappa shape index (κ1) is 19.9. The van der Waals surface area contributed by atoms with Crippen LogP contribution in [0.2, 0.25) is 0 Å². The second-order valence-electron chi connectivity index (χ2n) is 7.18. The van der Waals surface area contributed by atoms with Gasteiger partial charge in [-0.15, -0.1) is 0 Å². The number of aryl methyl sites for hydroxylation is 1. The number of aromatic nitrogens is 1. The van der Waals surface area contributed by atoms with E-state index in [9.17, 15) is 13.2 Å². The molecule has 10 heteroatoms. The minimum absolute atomic E-state index is 0.0188. The molecule has 0 atom stereocenters. The molecular formula is C19H23N5O3S2. The van der Waals surface area contributed by atoms with E-state index in [-0.39, 0.29) is 16.3 Å². The SMILES string of the molecule is Cc1nc(N(C)C(=O)Nc2ccc(N3CC=CC3)cc2)sc1S(=O)(=O)NC1CC1. The molecule has 1 aliphatic heterocycles. The number of carbonyl (C=O) groups is 1. The fraction of sp³-hybridized carbons (Fsp3) is 0.368. The van der Waals surface area contributed by atoms with E-state index in [0.717, 1.165) is 43.0 Å². The van der Waals surface area contributed by atoms with Crippen LogP contribution in [0.15, 0.2) is 40.6 Å². The molecule has 0 saturated heterocycles. The van der Waals surface area contributed by atoms with Crippen molar-refractivity contribution in [2.75, 3.05) is 35.3 Å². The van der Waals surface area contributed by atoms with Crippen molar-refractivity contribution in [2.45, 2.75) is 30.0 Å². The highest BCUT2D eigenvalue weighted by Gasteiger charge is 2.31. The maximum atomic E-state index is 12.6. The van der Waals surface area contributed by atoms with E-state index in [0.29, 0.717) is 16.5 Å². The molecule has 1 aromatic carbocycles. The van der Waals surface area contributed by atoms with E-state index < -0.39 is 10.0 Å². The van der Waals surface area contributed by atoms with Crippen LogP contribution in [0.1, 0.15) is 18.5 Å². The van der Waals surface area contributed by atoms with Crippen LogP contribution in [0, 0.1) is 6.92 Å². The van der Waals surface area contributed by atoms with Gasteiger partial charge in [0.25, 0.3) is 10.0 Å². The molecule has 2 amide bonds. The van der Waals surface area contributed by atoms with E-state index in [2.05, 4.69) is 32.1 Å². The summed E-state index contributed by atoms with van der Waals surface area (Å²) in [4.78, 5) is 20.4. The fourth-order valence-corrected chi connectivity index (χ4v) is 5.76. The molecular weight excluding hydrogens is 410 g/mol. The minimum Gasteiger partial charge on any atom is -0.364 e. The highest BCUT2D eigenvalue weighted by Crippen LogP contribution is 2.31. The first-order chi connectivity index (χ1) is 13.8. The molecule has 2 N–H and O–H groups in total. The van der Waals surface area contributed by atoms with Gasteiger partial charge in [0.1, 0.15) is 0 Å². The summed E-state index contributed by atoms with van der Waals surface area (Å²) in [5, 5.41) is 3.15. The Hall–Kier alpha value is -2.43. The van der Waals surface area contributed by atoms with Crippen molar-refractivity contribution in [3.05, 3.63) is 42.1 Å². The number of sulfonamides is 1. The Morgan fingerprint density at radius 2 is 1.86 bits per heavy atom. The van der Waals surface area contributed by atoms with Gasteiger partial charge in [0.05, 0.1) is 5.69 Å². The molecule has 1 fully saturated rings. The van der Waals surface area contributed by atoms with Crippen molar-refractivity contribution < 1.29 is 13.2 Å². The summed E-state index contributed by atoms with van der Waals surface area (Å²) in [5.74, 6) is 0. The fourth-order valence-electron chi connectivity index (χ4n) is 2.97. The Bertz CT molecular complexity index is 1030. The average molecular weight is 434 g/mol. The summed E-state index contributed by atoms with van der Waals surface area (Å²) in [6.45, 7) is 3.41. The molecule has 2 aromatic rings. The maximum Gasteiger partial charge on any atom is 0.327 e. The Labute approximate surface area is 174 Å². The lowest BCUT2D eigenvalue weighted by molar-refractivity contribution is 0.258. The van der Waals surface area contributed by atoms with Crippen molar-refractivity contribution in [3.63, 3.8) is 0 Å². The van der Waals surface area contributed by atoms with E-state index in [1.165, 1.54) is 4.90 Å². The largest absolute Gasteiger partial charge is 0.364 e. The molecule has 0 radical (unpaired) electrons. The lowest BCUT2D eigenvalue weighted by atomic mass is 10.2. The minimum atomic E-state index is -3.60. The Morgan fingerprint density at radius 1 is 1.21 bits per heavy atom. The lowest BCUT2D eigenvalue weighted by Crippen LogP contribution is -2.31. The summed E-state index contributed by atoms with van der Waals surface area (Å²) in [5.41, 5.74) is 2.14. The summed E-state index contributed by atoms with van der Waals surface area (Å²) in [6.07, 6.45) is 5.96. The van der Waals surface area contributed by atoms with Gasteiger partial charge in [0, 0.05) is 37.6 Å². The third-order valence-electron chi connectivity index (χ3n) is 4.78. The molecule has 0 unspecified atom stereocenters. The monoisotopic (exact) mass is 433 g/mol. The topological polar surface area (TPSA) is 94.6 Å². The smallest absolute Gasteiger partial charge is 0.327 e. The predicted octanol–water partition coefficient (Wildman–Crippen LogP) is 2.94. The molecule has 154 valence electrons. The van der Waals surface area contributed by atoms with Gasteiger partial charge in [-0.1, -0.05) is 23.5 Å². The Balaban J connectivity index is 1.43. The highest BCUT2D eigenvalue weighted by molar-refractivity contribution is 7.91. The van der Waals surface area contributed by atoms with Gasteiger partial charge in [-0.05, 0) is 44.0 Å². The molecule has 4 rings (SSSR count). The zero-order chi connectivity index (χ0) is 20.6. The molecule has 2 aliphatic rings. The second-order valence-corrected chi connectivity index (χ2v) is 10.1. The Kier molecular flexibility index (Phi) is 5.32. The van der Waals surface area contributed by atoms with Crippen LogP contribution in [0.3, 0.4) is 0 Å². The zero-order valence-electron chi connectivity index (χ0n) is 16.3. The molecule has 1 saturated carbocycles. The van der Waals surface area contributed by atoms with E-state index in [4.69, 9.17) is 0 Å². The predicted molar refractivity (Wildman–Crippen MR) is 115 cm³/mol. The van der Waals surface area contributed by atoms with Crippen LogP contribution < -0.4 is 19.8 Å². The van der Waals surface area contributed by atoms with Crippen LogP contribution >= 0.6 is 11.3 Å². The molecule has 2 heterocycles. The number of anilines is 3. The van der Waals surface area contributed by atoms with Crippen molar-refractivity contribution in [1.29, 1.82) is 0 Å². The number of carbonyl (C=O) groups excluding carboxylic acids is 1. The first-order valence-corrected chi connectivity index (χ1v) is 11.7. The number of thiazole rings is 1. The number of rotatable bonds is 6. The summed E-state index contributed by atoms with van der Waals surface area (Å²) >= 11 is 0.992. The van der Waals surface area contributed by atoms with Crippen molar-refractivity contribution in [1.82, 2.24) is 9.71 Å². The van der Waals surface area contributed by atoms with E-state index in [1.807, 2.05) is 24.3 Å². The van der Waals surface area contributed by atoms with Gasteiger partial charge in [-0.2, -0.15) is 0 Å². The first-order valence-electron chi connectivity index (χ1n) is 9.38. The normalized spacial score (nSPS) is 16.3. The summed E-state index contributed by atoms with van der Waals surface area (Å²) < 4.78 is 27.8. The molecule has 1 aromatic heterocycles. The summed E-state index contributed by atoms with van der Waals surface area (Å²) in [7, 11) is -2.03. The maximum absolute atomic E-state index is 12.6. The van der Waals surface area contributed by atoms with Crippen molar-refractivity contribution >= 4 is 43.9 Å². The number of nitrogens with zero attached hydrogens (tertiary/aromatic N) is 3. The second kappa shape index (κ2) is 7.77. The van der Waals surface area contributed by atoms with Crippen LogP contribution in [0.5, 0.6) is 0 Å².